The minimum atomic E-state index is -1.06. The first-order chi connectivity index (χ1) is 9.19. The van der Waals surface area contributed by atoms with Crippen LogP contribution in [0.15, 0.2) is 36.5 Å². The van der Waals surface area contributed by atoms with Gasteiger partial charge < -0.3 is 14.9 Å². The van der Waals surface area contributed by atoms with Crippen molar-refractivity contribution in [2.75, 3.05) is 7.11 Å². The van der Waals surface area contributed by atoms with Gasteiger partial charge in [-0.1, -0.05) is 12.1 Å². The van der Waals surface area contributed by atoms with Gasteiger partial charge in [-0.15, -0.1) is 0 Å². The average molecular weight is 259 g/mol. The fourth-order valence-electron chi connectivity index (χ4n) is 1.93. The molecule has 0 fully saturated rings. The highest BCUT2D eigenvalue weighted by molar-refractivity contribution is 5.95. The number of carboxylic acid groups (broad SMARTS) is 1. The van der Waals surface area contributed by atoms with E-state index in [4.69, 9.17) is 4.74 Å². The normalized spacial score (nSPS) is 10.2. The first-order valence-electron chi connectivity index (χ1n) is 5.64. The van der Waals surface area contributed by atoms with E-state index in [9.17, 15) is 15.0 Å². The number of nitrogens with zero attached hydrogens (tertiary/aromatic N) is 1. The van der Waals surface area contributed by atoms with Gasteiger partial charge in [0.2, 0.25) is 0 Å². The van der Waals surface area contributed by atoms with Gasteiger partial charge in [-0.05, 0) is 18.2 Å². The lowest BCUT2D eigenvalue weighted by Crippen LogP contribution is -2.03. The summed E-state index contributed by atoms with van der Waals surface area (Å²) in [6.07, 6.45) is 1.52. The lowest BCUT2D eigenvalue weighted by atomic mass is 10.00. The first-order valence-corrected chi connectivity index (χ1v) is 5.64. The maximum Gasteiger partial charge on any atom is 0.337 e. The van der Waals surface area contributed by atoms with Crippen LogP contribution in [0.2, 0.25) is 0 Å². The molecule has 0 saturated heterocycles. The molecule has 0 amide bonds. The molecule has 1 aromatic carbocycles. The minimum Gasteiger partial charge on any atom is -0.496 e. The summed E-state index contributed by atoms with van der Waals surface area (Å²) in [7, 11) is 1.49. The van der Waals surface area contributed by atoms with Crippen molar-refractivity contribution in [3.63, 3.8) is 0 Å². The Labute approximate surface area is 110 Å². The highest BCUT2D eigenvalue weighted by atomic mass is 16.5. The van der Waals surface area contributed by atoms with Crippen LogP contribution in [-0.2, 0) is 6.61 Å². The van der Waals surface area contributed by atoms with Crippen molar-refractivity contribution < 1.29 is 19.7 Å². The van der Waals surface area contributed by atoms with E-state index in [1.165, 1.54) is 19.4 Å². The first kappa shape index (κ1) is 13.0. The number of hydrogen-bond acceptors (Lipinski definition) is 4. The number of carboxylic acids is 1. The van der Waals surface area contributed by atoms with E-state index in [0.717, 1.165) is 0 Å². The number of pyridine rings is 1. The van der Waals surface area contributed by atoms with Crippen LogP contribution >= 0.6 is 0 Å². The Morgan fingerprint density at radius 1 is 1.32 bits per heavy atom. The van der Waals surface area contributed by atoms with E-state index in [-0.39, 0.29) is 12.2 Å². The topological polar surface area (TPSA) is 79.7 Å². The maximum absolute atomic E-state index is 11.2. The second-order valence-electron chi connectivity index (χ2n) is 3.85. The molecule has 0 spiro atoms. The summed E-state index contributed by atoms with van der Waals surface area (Å²) in [6.45, 7) is -0.255. The van der Waals surface area contributed by atoms with Crippen LogP contribution in [0.5, 0.6) is 5.75 Å². The summed E-state index contributed by atoms with van der Waals surface area (Å²) < 4.78 is 5.16. The van der Waals surface area contributed by atoms with E-state index >= 15 is 0 Å². The second kappa shape index (κ2) is 5.49. The third-order valence-corrected chi connectivity index (χ3v) is 2.80. The van der Waals surface area contributed by atoms with Crippen LogP contribution in [0.3, 0.4) is 0 Å². The quantitative estimate of drug-likeness (QED) is 0.877. The monoisotopic (exact) mass is 259 g/mol. The molecule has 2 aromatic rings. The van der Waals surface area contributed by atoms with Crippen LogP contribution in [0, 0.1) is 0 Å². The van der Waals surface area contributed by atoms with Gasteiger partial charge in [-0.25, -0.2) is 4.79 Å². The van der Waals surface area contributed by atoms with Crippen LogP contribution in [0.1, 0.15) is 15.9 Å². The number of aliphatic hydroxyl groups excluding tert-OH is 1. The number of aliphatic hydroxyl groups is 1. The van der Waals surface area contributed by atoms with Crippen molar-refractivity contribution in [2.24, 2.45) is 0 Å². The highest BCUT2D eigenvalue weighted by Gasteiger charge is 2.17. The zero-order chi connectivity index (χ0) is 13.8. The lowest BCUT2D eigenvalue weighted by Gasteiger charge is -2.12. The zero-order valence-electron chi connectivity index (χ0n) is 10.3. The molecule has 0 unspecified atom stereocenters. The summed E-state index contributed by atoms with van der Waals surface area (Å²) in [5, 5.41) is 18.6. The van der Waals surface area contributed by atoms with E-state index < -0.39 is 5.97 Å². The SMILES string of the molecule is COc1cccc(-c2ncccc2C(=O)O)c1CO. The molecule has 19 heavy (non-hydrogen) atoms. The lowest BCUT2D eigenvalue weighted by molar-refractivity contribution is 0.0697. The van der Waals surface area contributed by atoms with Gasteiger partial charge in [0.05, 0.1) is 25.0 Å². The Bertz CT molecular complexity index is 610. The van der Waals surface area contributed by atoms with Crippen molar-refractivity contribution in [3.05, 3.63) is 47.7 Å². The van der Waals surface area contributed by atoms with Crippen molar-refractivity contribution in [2.45, 2.75) is 6.61 Å². The molecular weight excluding hydrogens is 246 g/mol. The Morgan fingerprint density at radius 2 is 2.11 bits per heavy atom. The van der Waals surface area contributed by atoms with Crippen LogP contribution in [0.4, 0.5) is 0 Å². The molecular formula is C14H13NO4. The highest BCUT2D eigenvalue weighted by Crippen LogP contribution is 2.31. The van der Waals surface area contributed by atoms with Gasteiger partial charge in [0.15, 0.2) is 0 Å². The van der Waals surface area contributed by atoms with Crippen LogP contribution in [0.25, 0.3) is 11.3 Å². The Hall–Kier alpha value is -2.40. The molecule has 0 bridgehead atoms. The molecule has 0 saturated carbocycles. The molecule has 0 aliphatic rings. The standard InChI is InChI=1S/C14H13NO4/c1-19-12-6-2-4-9(11(12)8-16)13-10(14(17)18)5-3-7-15-13/h2-7,16H,8H2,1H3,(H,17,18). The van der Waals surface area contributed by atoms with Gasteiger partial charge in [-0.3, -0.25) is 4.98 Å². The molecule has 2 N–H and O–H groups in total. The third kappa shape index (κ3) is 2.41. The number of ether oxygens (including phenoxy) is 1. The van der Waals surface area contributed by atoms with Gasteiger partial charge in [0.1, 0.15) is 5.75 Å². The van der Waals surface area contributed by atoms with E-state index in [0.29, 0.717) is 22.6 Å². The molecule has 5 nitrogen and oxygen atoms in total. The number of aromatic nitrogens is 1. The van der Waals surface area contributed by atoms with Crippen molar-refractivity contribution in [1.82, 2.24) is 4.98 Å². The van der Waals surface area contributed by atoms with Crippen molar-refractivity contribution in [3.8, 4) is 17.0 Å². The second-order valence-corrected chi connectivity index (χ2v) is 3.85. The maximum atomic E-state index is 11.2. The molecule has 0 aliphatic carbocycles. The Morgan fingerprint density at radius 3 is 2.74 bits per heavy atom. The van der Waals surface area contributed by atoms with Gasteiger partial charge in [-0.2, -0.15) is 0 Å². The molecule has 2 rings (SSSR count). The smallest absolute Gasteiger partial charge is 0.337 e. The Kier molecular flexibility index (Phi) is 3.77. The summed E-state index contributed by atoms with van der Waals surface area (Å²) in [5.74, 6) is -0.559. The fourth-order valence-corrected chi connectivity index (χ4v) is 1.93. The molecule has 0 radical (unpaired) electrons. The number of carbonyl (C=O) groups is 1. The number of aromatic carboxylic acids is 1. The number of rotatable bonds is 4. The molecule has 1 aromatic heterocycles. The van der Waals surface area contributed by atoms with E-state index in [1.54, 1.807) is 24.3 Å². The predicted molar refractivity (Wildman–Crippen MR) is 69.1 cm³/mol. The van der Waals surface area contributed by atoms with E-state index in [2.05, 4.69) is 4.98 Å². The van der Waals surface area contributed by atoms with Gasteiger partial charge in [0, 0.05) is 17.3 Å². The number of benzene rings is 1. The summed E-state index contributed by atoms with van der Waals surface area (Å²) in [5.41, 5.74) is 1.48. The third-order valence-electron chi connectivity index (χ3n) is 2.80. The number of hydrogen-bond donors (Lipinski definition) is 2. The molecule has 98 valence electrons. The zero-order valence-corrected chi connectivity index (χ0v) is 10.3. The summed E-state index contributed by atoms with van der Waals surface area (Å²) >= 11 is 0. The van der Waals surface area contributed by atoms with Crippen molar-refractivity contribution in [1.29, 1.82) is 0 Å². The Balaban J connectivity index is 2.69. The number of methoxy groups -OCH3 is 1. The molecule has 0 atom stereocenters. The van der Waals surface area contributed by atoms with Gasteiger partial charge >= 0.3 is 5.97 Å². The van der Waals surface area contributed by atoms with Crippen molar-refractivity contribution >= 4 is 5.97 Å². The van der Waals surface area contributed by atoms with Crippen LogP contribution < -0.4 is 4.74 Å². The molecule has 0 aliphatic heterocycles. The molecule has 1 heterocycles. The van der Waals surface area contributed by atoms with Gasteiger partial charge in [0.25, 0.3) is 0 Å². The summed E-state index contributed by atoms with van der Waals surface area (Å²) in [4.78, 5) is 15.3. The fraction of sp³-hybridized carbons (Fsp3) is 0.143. The summed E-state index contributed by atoms with van der Waals surface area (Å²) in [6, 6.07) is 8.19. The average Bonchev–Trinajstić information content (AvgIpc) is 2.46. The molecule has 5 heteroatoms. The van der Waals surface area contributed by atoms with Crippen LogP contribution in [-0.4, -0.2) is 28.3 Å². The minimum absolute atomic E-state index is 0.0884. The largest absolute Gasteiger partial charge is 0.496 e. The van der Waals surface area contributed by atoms with E-state index in [1.807, 2.05) is 0 Å². The predicted octanol–water partition coefficient (Wildman–Crippen LogP) is 1.95.